The fourth-order valence-corrected chi connectivity index (χ4v) is 0.547. The molecule has 3 nitrogen and oxygen atoms in total. The third-order valence-corrected chi connectivity index (χ3v) is 0.901. The molecule has 3 heteroatoms. The number of hydrogen-bond acceptors (Lipinski definition) is 2. The van der Waals surface area contributed by atoms with E-state index in [0.717, 1.165) is 5.69 Å². The Balaban J connectivity index is 2.50. The largest absolute Gasteiger partial charge is 0.363 e. The minimum Gasteiger partial charge on any atom is -0.363 e. The lowest BCUT2D eigenvalue weighted by atomic mass is 10.5. The summed E-state index contributed by atoms with van der Waals surface area (Å²) in [5, 5.41) is 0. The molecule has 0 spiro atoms. The maximum Gasteiger partial charge on any atom is 0.108 e. The van der Waals surface area contributed by atoms with Crippen LogP contribution in [-0.2, 0) is 11.4 Å². The second kappa shape index (κ2) is 2.49. The summed E-state index contributed by atoms with van der Waals surface area (Å²) < 4.78 is 0. The van der Waals surface area contributed by atoms with Crippen LogP contribution in [0.5, 0.6) is 0 Å². The van der Waals surface area contributed by atoms with Crippen molar-refractivity contribution < 1.29 is 4.84 Å². The molecule has 0 radical (unpaired) electrons. The van der Waals surface area contributed by atoms with E-state index in [9.17, 15) is 0 Å². The number of rotatable bonds is 2. The Hall–Kier alpha value is -0.800. The number of aromatic amines is 1. The molecule has 8 heavy (non-hydrogen) atoms. The van der Waals surface area contributed by atoms with E-state index in [2.05, 4.69) is 9.82 Å². The fraction of sp³-hybridized carbons (Fsp3) is 0.200. The number of hydrogen-bond donors (Lipinski definition) is 2. The predicted molar refractivity (Wildman–Crippen MR) is 29.8 cm³/mol. The minimum atomic E-state index is 0.451. The molecule has 0 fully saturated rings. The maximum atomic E-state index is 4.80. The van der Waals surface area contributed by atoms with Crippen LogP contribution in [0.1, 0.15) is 5.69 Å². The summed E-state index contributed by atoms with van der Waals surface area (Å²) in [7, 11) is 0. The van der Waals surface area contributed by atoms with Gasteiger partial charge in [0.25, 0.3) is 0 Å². The van der Waals surface area contributed by atoms with Crippen LogP contribution in [0.15, 0.2) is 18.3 Å². The number of H-pyrrole nitrogens is 1. The Morgan fingerprint density at radius 2 is 2.62 bits per heavy atom. The van der Waals surface area contributed by atoms with Gasteiger partial charge in [-0.05, 0) is 12.1 Å². The van der Waals surface area contributed by atoms with Gasteiger partial charge in [0, 0.05) is 11.9 Å². The third-order valence-electron chi connectivity index (χ3n) is 0.901. The molecule has 0 amide bonds. The molecule has 0 saturated heterocycles. The van der Waals surface area contributed by atoms with Gasteiger partial charge in [-0.3, -0.25) is 4.84 Å². The van der Waals surface area contributed by atoms with E-state index in [-0.39, 0.29) is 0 Å². The predicted octanol–water partition coefficient (Wildman–Crippen LogP) is 0.405. The van der Waals surface area contributed by atoms with Crippen molar-refractivity contribution in [3.8, 4) is 0 Å². The van der Waals surface area contributed by atoms with Gasteiger partial charge >= 0.3 is 0 Å². The molecular formula is C5H8N2O. The highest BCUT2D eigenvalue weighted by molar-refractivity contribution is 5.01. The first-order valence-electron chi connectivity index (χ1n) is 2.37. The van der Waals surface area contributed by atoms with Gasteiger partial charge in [-0.1, -0.05) is 0 Å². The van der Waals surface area contributed by atoms with Crippen molar-refractivity contribution in [2.24, 2.45) is 5.90 Å². The lowest BCUT2D eigenvalue weighted by Crippen LogP contribution is -1.98. The Morgan fingerprint density at radius 1 is 1.75 bits per heavy atom. The molecule has 0 aliphatic heterocycles. The molecule has 0 saturated carbocycles. The van der Waals surface area contributed by atoms with Crippen LogP contribution >= 0.6 is 0 Å². The smallest absolute Gasteiger partial charge is 0.108 e. The van der Waals surface area contributed by atoms with E-state index in [1.807, 2.05) is 18.3 Å². The summed E-state index contributed by atoms with van der Waals surface area (Å²) in [6, 6.07) is 3.81. The van der Waals surface area contributed by atoms with Gasteiger partial charge in [-0.2, -0.15) is 0 Å². The SMILES string of the molecule is NOCc1ccc[nH]1. The molecule has 0 aromatic carbocycles. The lowest BCUT2D eigenvalue weighted by molar-refractivity contribution is 0.121. The van der Waals surface area contributed by atoms with Crippen LogP contribution in [0.25, 0.3) is 0 Å². The van der Waals surface area contributed by atoms with Gasteiger partial charge < -0.3 is 4.98 Å². The van der Waals surface area contributed by atoms with E-state index >= 15 is 0 Å². The summed E-state index contributed by atoms with van der Waals surface area (Å²) in [6.45, 7) is 0.451. The number of nitrogens with two attached hydrogens (primary N) is 1. The van der Waals surface area contributed by atoms with E-state index in [1.165, 1.54) is 0 Å². The summed E-state index contributed by atoms with van der Waals surface area (Å²) in [4.78, 5) is 7.29. The van der Waals surface area contributed by atoms with E-state index < -0.39 is 0 Å². The van der Waals surface area contributed by atoms with Crippen LogP contribution in [0.2, 0.25) is 0 Å². The summed E-state index contributed by atoms with van der Waals surface area (Å²) in [5.74, 6) is 4.80. The first-order valence-corrected chi connectivity index (χ1v) is 2.37. The zero-order valence-electron chi connectivity index (χ0n) is 4.42. The fourth-order valence-electron chi connectivity index (χ4n) is 0.547. The Labute approximate surface area is 47.4 Å². The standard InChI is InChI=1S/C5H8N2O/c6-8-4-5-2-1-3-7-5/h1-3,7H,4,6H2. The maximum absolute atomic E-state index is 4.80. The Bertz CT molecular complexity index is 136. The molecule has 0 unspecified atom stereocenters. The molecule has 0 aliphatic carbocycles. The summed E-state index contributed by atoms with van der Waals surface area (Å²) in [5.41, 5.74) is 0.993. The highest BCUT2D eigenvalue weighted by Crippen LogP contribution is 1.92. The quantitative estimate of drug-likeness (QED) is 0.544. The van der Waals surface area contributed by atoms with Crippen LogP contribution in [-0.4, -0.2) is 4.98 Å². The molecule has 1 heterocycles. The van der Waals surface area contributed by atoms with Crippen molar-refractivity contribution in [3.05, 3.63) is 24.0 Å². The summed E-state index contributed by atoms with van der Waals surface area (Å²) in [6.07, 6.45) is 1.83. The van der Waals surface area contributed by atoms with Crippen molar-refractivity contribution >= 4 is 0 Å². The number of nitrogens with one attached hydrogen (secondary N) is 1. The first kappa shape index (κ1) is 5.34. The molecule has 1 rings (SSSR count). The van der Waals surface area contributed by atoms with Crippen molar-refractivity contribution in [3.63, 3.8) is 0 Å². The topological polar surface area (TPSA) is 51.0 Å². The van der Waals surface area contributed by atoms with Crippen molar-refractivity contribution in [1.82, 2.24) is 4.98 Å². The molecule has 0 atom stereocenters. The van der Waals surface area contributed by atoms with Crippen LogP contribution < -0.4 is 5.90 Å². The number of aromatic nitrogens is 1. The first-order chi connectivity index (χ1) is 3.93. The van der Waals surface area contributed by atoms with Gasteiger partial charge in [0.05, 0.1) is 0 Å². The Morgan fingerprint density at radius 3 is 3.12 bits per heavy atom. The molecule has 0 aliphatic rings. The summed E-state index contributed by atoms with van der Waals surface area (Å²) >= 11 is 0. The second-order valence-corrected chi connectivity index (χ2v) is 1.51. The molecule has 1 aromatic heterocycles. The zero-order chi connectivity index (χ0) is 5.82. The van der Waals surface area contributed by atoms with E-state index in [0.29, 0.717) is 6.61 Å². The van der Waals surface area contributed by atoms with E-state index in [1.54, 1.807) is 0 Å². The van der Waals surface area contributed by atoms with Crippen molar-refractivity contribution in [1.29, 1.82) is 0 Å². The average Bonchev–Trinajstić information content (AvgIpc) is 2.19. The minimum absolute atomic E-state index is 0.451. The monoisotopic (exact) mass is 112 g/mol. The molecule has 1 aromatic rings. The normalized spacial score (nSPS) is 9.62. The van der Waals surface area contributed by atoms with Crippen LogP contribution in [0, 0.1) is 0 Å². The van der Waals surface area contributed by atoms with Gasteiger partial charge in [-0.15, -0.1) is 0 Å². The second-order valence-electron chi connectivity index (χ2n) is 1.51. The van der Waals surface area contributed by atoms with Gasteiger partial charge in [0.1, 0.15) is 6.61 Å². The van der Waals surface area contributed by atoms with Crippen LogP contribution in [0.3, 0.4) is 0 Å². The van der Waals surface area contributed by atoms with E-state index in [4.69, 9.17) is 5.90 Å². The van der Waals surface area contributed by atoms with Crippen molar-refractivity contribution in [2.75, 3.05) is 0 Å². The van der Waals surface area contributed by atoms with Crippen molar-refractivity contribution in [2.45, 2.75) is 6.61 Å². The average molecular weight is 112 g/mol. The lowest BCUT2D eigenvalue weighted by Gasteiger charge is -1.89. The molecule has 0 bridgehead atoms. The highest BCUT2D eigenvalue weighted by Gasteiger charge is 1.86. The highest BCUT2D eigenvalue weighted by atomic mass is 16.6. The van der Waals surface area contributed by atoms with Gasteiger partial charge in [0.15, 0.2) is 0 Å². The Kier molecular flexibility index (Phi) is 1.66. The van der Waals surface area contributed by atoms with Gasteiger partial charge in [-0.25, -0.2) is 5.90 Å². The molecular weight excluding hydrogens is 104 g/mol. The third kappa shape index (κ3) is 1.08. The molecule has 3 N–H and O–H groups in total. The molecule has 44 valence electrons. The van der Waals surface area contributed by atoms with Crippen LogP contribution in [0.4, 0.5) is 0 Å². The zero-order valence-corrected chi connectivity index (χ0v) is 4.42. The van der Waals surface area contributed by atoms with Gasteiger partial charge in [0.2, 0.25) is 0 Å².